The van der Waals surface area contributed by atoms with Crippen LogP contribution in [0.4, 0.5) is 5.69 Å². The maximum Gasteiger partial charge on any atom is 0.258 e. The van der Waals surface area contributed by atoms with Crippen molar-refractivity contribution in [2.75, 3.05) is 5.73 Å². The van der Waals surface area contributed by atoms with E-state index in [1.54, 1.807) is 7.28 Å². The molecule has 1 radical (unpaired) electrons. The highest BCUT2D eigenvalue weighted by molar-refractivity contribution is 6.46. The number of nitrogens with two attached hydrogens (primary N) is 1. The van der Waals surface area contributed by atoms with Crippen molar-refractivity contribution in [3.63, 3.8) is 0 Å². The van der Waals surface area contributed by atoms with Crippen molar-refractivity contribution in [3.05, 3.63) is 29.8 Å². The minimum Gasteiger partial charge on any atom is -0.399 e. The van der Waals surface area contributed by atoms with Crippen molar-refractivity contribution in [1.29, 1.82) is 5.26 Å². The molecule has 1 aromatic carbocycles. The molecule has 0 bridgehead atoms. The van der Waals surface area contributed by atoms with E-state index in [2.05, 4.69) is 0 Å². The highest BCUT2D eigenvalue weighted by Gasteiger charge is 2.04. The molecule has 0 amide bonds. The minimum absolute atomic E-state index is 0.300. The summed E-state index contributed by atoms with van der Waals surface area (Å²) in [5, 5.41) is 8.43. The van der Waals surface area contributed by atoms with Gasteiger partial charge in [-0.3, -0.25) is 0 Å². The van der Waals surface area contributed by atoms with Crippen LogP contribution < -0.4 is 5.73 Å². The van der Waals surface area contributed by atoms with Crippen LogP contribution in [0.2, 0.25) is 5.82 Å². The minimum atomic E-state index is 0.300. The molecule has 1 atom stereocenters. The molecule has 0 aliphatic heterocycles. The molecule has 13 heavy (non-hydrogen) atoms. The van der Waals surface area contributed by atoms with E-state index in [0.29, 0.717) is 5.82 Å². The number of nitrogens with zero attached hydrogens (tertiary/aromatic N) is 1. The molecule has 0 saturated heterocycles. The standard InChI is InChI=1S/C10H12BN2/c1-8(11-7-12)6-9-2-4-10(13)5-3-9/h2-5,8H,6,13H2,1H3. The second kappa shape index (κ2) is 4.56. The number of benzene rings is 1. The summed E-state index contributed by atoms with van der Waals surface area (Å²) in [6, 6.07) is 7.76. The molecule has 0 saturated carbocycles. The largest absolute Gasteiger partial charge is 0.399 e. The first-order valence-corrected chi connectivity index (χ1v) is 4.29. The first kappa shape index (κ1) is 9.66. The summed E-state index contributed by atoms with van der Waals surface area (Å²) in [6.45, 7) is 2.03. The molecule has 3 heteroatoms. The van der Waals surface area contributed by atoms with Gasteiger partial charge in [0, 0.05) is 5.69 Å². The van der Waals surface area contributed by atoms with Crippen molar-refractivity contribution >= 4 is 13.0 Å². The van der Waals surface area contributed by atoms with E-state index < -0.39 is 0 Å². The fourth-order valence-corrected chi connectivity index (χ4v) is 1.21. The molecule has 0 spiro atoms. The van der Waals surface area contributed by atoms with Crippen LogP contribution in [-0.2, 0) is 6.42 Å². The quantitative estimate of drug-likeness (QED) is 0.556. The van der Waals surface area contributed by atoms with Crippen LogP contribution >= 0.6 is 0 Å². The molecule has 0 aliphatic rings. The molecule has 2 N–H and O–H groups in total. The van der Waals surface area contributed by atoms with Gasteiger partial charge in [-0.25, -0.2) is 5.26 Å². The van der Waals surface area contributed by atoms with Crippen LogP contribution in [-0.4, -0.2) is 7.28 Å². The number of hydrogen-bond acceptors (Lipinski definition) is 2. The zero-order valence-electron chi connectivity index (χ0n) is 7.70. The van der Waals surface area contributed by atoms with Gasteiger partial charge >= 0.3 is 0 Å². The van der Waals surface area contributed by atoms with Gasteiger partial charge in [0.1, 0.15) is 0 Å². The lowest BCUT2D eigenvalue weighted by molar-refractivity contribution is 0.909. The predicted molar refractivity (Wildman–Crippen MR) is 55.3 cm³/mol. The van der Waals surface area contributed by atoms with Crippen LogP contribution in [0.1, 0.15) is 12.5 Å². The molecule has 1 unspecified atom stereocenters. The van der Waals surface area contributed by atoms with Gasteiger partial charge in [0.2, 0.25) is 0 Å². The molecular weight excluding hydrogens is 159 g/mol. The SMILES string of the molecule is CC([B]C#N)Cc1ccc(N)cc1. The predicted octanol–water partition coefficient (Wildman–Crippen LogP) is 1.80. The van der Waals surface area contributed by atoms with E-state index >= 15 is 0 Å². The third-order valence-corrected chi connectivity index (χ3v) is 1.90. The Morgan fingerprint density at radius 2 is 2.08 bits per heavy atom. The summed E-state index contributed by atoms with van der Waals surface area (Å²) in [6.07, 6.45) is 0.897. The van der Waals surface area contributed by atoms with Gasteiger partial charge in [-0.1, -0.05) is 24.9 Å². The van der Waals surface area contributed by atoms with Crippen LogP contribution in [0.15, 0.2) is 24.3 Å². The van der Waals surface area contributed by atoms with E-state index in [4.69, 9.17) is 11.0 Å². The normalized spacial score (nSPS) is 11.7. The summed E-state index contributed by atoms with van der Waals surface area (Å²) in [5.41, 5.74) is 7.55. The van der Waals surface area contributed by atoms with Crippen molar-refractivity contribution in [2.45, 2.75) is 19.2 Å². The van der Waals surface area contributed by atoms with Gasteiger partial charge in [-0.2, -0.15) is 0 Å². The Morgan fingerprint density at radius 1 is 1.46 bits per heavy atom. The zero-order chi connectivity index (χ0) is 9.68. The van der Waals surface area contributed by atoms with Crippen LogP contribution in [0.5, 0.6) is 0 Å². The van der Waals surface area contributed by atoms with E-state index in [1.807, 2.05) is 37.2 Å². The Hall–Kier alpha value is -1.43. The van der Waals surface area contributed by atoms with Gasteiger partial charge < -0.3 is 5.73 Å². The first-order valence-electron chi connectivity index (χ1n) is 4.29. The third-order valence-electron chi connectivity index (χ3n) is 1.90. The summed E-state index contributed by atoms with van der Waals surface area (Å²) >= 11 is 0. The van der Waals surface area contributed by atoms with Crippen molar-refractivity contribution in [3.8, 4) is 5.97 Å². The van der Waals surface area contributed by atoms with Crippen LogP contribution in [0, 0.1) is 11.2 Å². The van der Waals surface area contributed by atoms with Crippen molar-refractivity contribution in [2.24, 2.45) is 0 Å². The lowest BCUT2D eigenvalue weighted by atomic mass is 9.65. The lowest BCUT2D eigenvalue weighted by Crippen LogP contribution is -2.01. The van der Waals surface area contributed by atoms with Crippen molar-refractivity contribution < 1.29 is 0 Å². The highest BCUT2D eigenvalue weighted by Crippen LogP contribution is 2.13. The molecule has 0 aromatic heterocycles. The molecule has 1 aromatic rings. The second-order valence-corrected chi connectivity index (χ2v) is 3.22. The Labute approximate surface area is 79.6 Å². The fourth-order valence-electron chi connectivity index (χ4n) is 1.21. The number of rotatable bonds is 3. The van der Waals surface area contributed by atoms with Gasteiger partial charge in [-0.15, -0.1) is 0 Å². The Kier molecular flexibility index (Phi) is 3.39. The van der Waals surface area contributed by atoms with E-state index in [9.17, 15) is 0 Å². The average Bonchev–Trinajstić information content (AvgIpc) is 2.09. The molecular formula is C10H12BN2. The Balaban J connectivity index is 2.55. The number of nitriles is 1. The van der Waals surface area contributed by atoms with Gasteiger partial charge in [-0.05, 0) is 30.1 Å². The molecule has 0 heterocycles. The maximum atomic E-state index is 8.43. The van der Waals surface area contributed by atoms with Crippen LogP contribution in [0.25, 0.3) is 0 Å². The summed E-state index contributed by atoms with van der Waals surface area (Å²) in [7, 11) is 1.65. The average molecular weight is 171 g/mol. The molecule has 1 rings (SSSR count). The van der Waals surface area contributed by atoms with Crippen molar-refractivity contribution in [1.82, 2.24) is 0 Å². The fraction of sp³-hybridized carbons (Fsp3) is 0.300. The molecule has 0 aliphatic carbocycles. The third kappa shape index (κ3) is 3.21. The first-order chi connectivity index (χ1) is 6.22. The van der Waals surface area contributed by atoms with E-state index in [-0.39, 0.29) is 0 Å². The zero-order valence-corrected chi connectivity index (χ0v) is 7.70. The number of nitrogen functional groups attached to an aromatic ring is 1. The molecule has 2 nitrogen and oxygen atoms in total. The van der Waals surface area contributed by atoms with Gasteiger partial charge in [0.25, 0.3) is 7.28 Å². The van der Waals surface area contributed by atoms with E-state index in [0.717, 1.165) is 12.1 Å². The smallest absolute Gasteiger partial charge is 0.258 e. The summed E-state index contributed by atoms with van der Waals surface area (Å²) < 4.78 is 0. The topological polar surface area (TPSA) is 49.8 Å². The summed E-state index contributed by atoms with van der Waals surface area (Å²) in [5.74, 6) is 2.35. The van der Waals surface area contributed by atoms with Gasteiger partial charge in [0.15, 0.2) is 0 Å². The highest BCUT2D eigenvalue weighted by atomic mass is 14.5. The Bertz CT molecular complexity index is 300. The number of anilines is 1. The molecule has 0 fully saturated rings. The summed E-state index contributed by atoms with van der Waals surface area (Å²) in [4.78, 5) is 0. The van der Waals surface area contributed by atoms with Crippen LogP contribution in [0.3, 0.4) is 0 Å². The van der Waals surface area contributed by atoms with Gasteiger partial charge in [0.05, 0.1) is 0 Å². The maximum absolute atomic E-state index is 8.43. The monoisotopic (exact) mass is 171 g/mol. The van der Waals surface area contributed by atoms with E-state index in [1.165, 1.54) is 5.56 Å². The number of hydrogen-bond donors (Lipinski definition) is 1. The molecule has 65 valence electrons. The lowest BCUT2D eigenvalue weighted by Gasteiger charge is -2.05. The Morgan fingerprint density at radius 3 is 2.62 bits per heavy atom. The second-order valence-electron chi connectivity index (χ2n) is 3.22.